The molecule has 0 bridgehead atoms. The average molecular weight is 301 g/mol. The van der Waals surface area contributed by atoms with Gasteiger partial charge in [0, 0.05) is 0 Å². The van der Waals surface area contributed by atoms with Gasteiger partial charge in [-0.05, 0) is 18.3 Å². The lowest BCUT2D eigenvalue weighted by Crippen LogP contribution is -2.48. The third-order valence-corrected chi connectivity index (χ3v) is 6.17. The van der Waals surface area contributed by atoms with Crippen LogP contribution in [0.25, 0.3) is 0 Å². The van der Waals surface area contributed by atoms with Crippen LogP contribution in [0.1, 0.15) is 20.7 Å². The molecule has 2 aromatic rings. The highest BCUT2D eigenvalue weighted by atomic mass is 28.3. The summed E-state index contributed by atoms with van der Waals surface area (Å²) < 4.78 is 0. The molecule has 2 aromatic carbocycles. The lowest BCUT2D eigenvalue weighted by Gasteiger charge is -2.15. The van der Waals surface area contributed by atoms with Gasteiger partial charge in [0.05, 0.1) is 11.1 Å². The first-order valence-electron chi connectivity index (χ1n) is 6.40. The Hall–Kier alpha value is -2.44. The van der Waals surface area contributed by atoms with Gasteiger partial charge in [-0.25, -0.2) is 9.59 Å². The normalized spacial score (nSPS) is 11.9. The number of aromatic carboxylic acids is 2. The van der Waals surface area contributed by atoms with Crippen LogP contribution < -0.4 is 16.1 Å². The highest BCUT2D eigenvalue weighted by Gasteiger charge is 2.20. The van der Waals surface area contributed by atoms with Gasteiger partial charge in [-0.1, -0.05) is 46.8 Å². The fourth-order valence-electron chi connectivity index (χ4n) is 2.29. The van der Waals surface area contributed by atoms with Crippen molar-refractivity contribution < 1.29 is 19.8 Å². The molecule has 5 nitrogen and oxygen atoms in total. The predicted octanol–water partition coefficient (Wildman–Crippen LogP) is -0.0778. The SMILES string of the molecule is NC[SiH](c1ccccc1)c1ccc(C(=O)O)c(C(=O)O)c1. The van der Waals surface area contributed by atoms with E-state index in [4.69, 9.17) is 10.8 Å². The van der Waals surface area contributed by atoms with Crippen molar-refractivity contribution in [3.63, 3.8) is 0 Å². The van der Waals surface area contributed by atoms with Crippen molar-refractivity contribution in [3.8, 4) is 0 Å². The molecule has 0 aliphatic rings. The fraction of sp³-hybridized carbons (Fsp3) is 0.0667. The lowest BCUT2D eigenvalue weighted by molar-refractivity contribution is 0.0651. The topological polar surface area (TPSA) is 101 Å². The van der Waals surface area contributed by atoms with E-state index in [1.165, 1.54) is 12.1 Å². The first-order chi connectivity index (χ1) is 10.0. The van der Waals surface area contributed by atoms with E-state index >= 15 is 0 Å². The van der Waals surface area contributed by atoms with Crippen LogP contribution in [-0.4, -0.2) is 37.1 Å². The zero-order valence-electron chi connectivity index (χ0n) is 11.2. The van der Waals surface area contributed by atoms with Crippen molar-refractivity contribution in [1.29, 1.82) is 0 Å². The van der Waals surface area contributed by atoms with Gasteiger partial charge < -0.3 is 15.9 Å². The second-order valence-corrected chi connectivity index (χ2v) is 7.52. The van der Waals surface area contributed by atoms with Gasteiger partial charge in [-0.15, -0.1) is 0 Å². The number of hydrogen-bond donors (Lipinski definition) is 3. The quantitative estimate of drug-likeness (QED) is 0.671. The monoisotopic (exact) mass is 301 g/mol. The van der Waals surface area contributed by atoms with E-state index in [0.717, 1.165) is 10.4 Å². The van der Waals surface area contributed by atoms with Crippen molar-refractivity contribution in [2.45, 2.75) is 0 Å². The number of nitrogens with two attached hydrogens (primary N) is 1. The van der Waals surface area contributed by atoms with E-state index in [1.807, 2.05) is 30.3 Å². The van der Waals surface area contributed by atoms with Crippen LogP contribution in [-0.2, 0) is 0 Å². The van der Waals surface area contributed by atoms with Crippen molar-refractivity contribution in [1.82, 2.24) is 0 Å². The van der Waals surface area contributed by atoms with Gasteiger partial charge in [0.15, 0.2) is 0 Å². The van der Waals surface area contributed by atoms with E-state index in [1.54, 1.807) is 6.07 Å². The number of hydrogen-bond acceptors (Lipinski definition) is 3. The van der Waals surface area contributed by atoms with E-state index in [-0.39, 0.29) is 11.1 Å². The fourth-order valence-corrected chi connectivity index (χ4v) is 4.60. The molecule has 0 heterocycles. The third kappa shape index (κ3) is 3.18. The van der Waals surface area contributed by atoms with Crippen molar-refractivity contribution in [2.75, 3.05) is 6.17 Å². The summed E-state index contributed by atoms with van der Waals surface area (Å²) in [4.78, 5) is 22.3. The molecule has 0 saturated carbocycles. The molecule has 0 aromatic heterocycles. The summed E-state index contributed by atoms with van der Waals surface area (Å²) >= 11 is 0. The maximum Gasteiger partial charge on any atom is 0.336 e. The molecule has 0 radical (unpaired) electrons. The molecule has 4 N–H and O–H groups in total. The molecular formula is C15H15NO4Si. The Morgan fingerprint density at radius 3 is 2.05 bits per heavy atom. The van der Waals surface area contributed by atoms with Crippen molar-refractivity contribution in [2.24, 2.45) is 5.73 Å². The van der Waals surface area contributed by atoms with Gasteiger partial charge in [-0.2, -0.15) is 0 Å². The smallest absolute Gasteiger partial charge is 0.336 e. The van der Waals surface area contributed by atoms with Gasteiger partial charge in [0.25, 0.3) is 0 Å². The molecule has 0 fully saturated rings. The van der Waals surface area contributed by atoms with E-state index in [2.05, 4.69) is 0 Å². The molecule has 21 heavy (non-hydrogen) atoms. The van der Waals surface area contributed by atoms with Crippen LogP contribution in [0.15, 0.2) is 48.5 Å². The average Bonchev–Trinajstić information content (AvgIpc) is 2.48. The Bertz CT molecular complexity index is 673. The molecule has 1 atom stereocenters. The minimum absolute atomic E-state index is 0.193. The summed E-state index contributed by atoms with van der Waals surface area (Å²) in [6, 6.07) is 14.1. The van der Waals surface area contributed by atoms with Crippen LogP contribution >= 0.6 is 0 Å². The Balaban J connectivity index is 2.51. The molecule has 0 aliphatic carbocycles. The Kier molecular flexibility index (Phi) is 4.51. The minimum atomic E-state index is -1.73. The second kappa shape index (κ2) is 6.34. The van der Waals surface area contributed by atoms with Gasteiger partial charge in [0.1, 0.15) is 8.80 Å². The Morgan fingerprint density at radius 1 is 0.905 bits per heavy atom. The van der Waals surface area contributed by atoms with Crippen molar-refractivity contribution >= 4 is 31.1 Å². The molecule has 0 aliphatic heterocycles. The van der Waals surface area contributed by atoms with E-state index in [9.17, 15) is 14.7 Å². The Labute approximate surface area is 123 Å². The van der Waals surface area contributed by atoms with Crippen LogP contribution in [0, 0.1) is 0 Å². The summed E-state index contributed by atoms with van der Waals surface area (Å²) in [5, 5.41) is 20.1. The highest BCUT2D eigenvalue weighted by molar-refractivity contribution is 6.85. The maximum absolute atomic E-state index is 11.2. The second-order valence-electron chi connectivity index (χ2n) is 4.61. The number of carboxylic acid groups (broad SMARTS) is 2. The number of rotatable bonds is 5. The van der Waals surface area contributed by atoms with Crippen molar-refractivity contribution in [3.05, 3.63) is 59.7 Å². The van der Waals surface area contributed by atoms with E-state index < -0.39 is 20.7 Å². The summed E-state index contributed by atoms with van der Waals surface area (Å²) in [7, 11) is -1.73. The zero-order chi connectivity index (χ0) is 15.4. The molecular weight excluding hydrogens is 286 g/mol. The first kappa shape index (κ1) is 15.0. The van der Waals surface area contributed by atoms with Gasteiger partial charge in [0.2, 0.25) is 0 Å². The summed E-state index contributed by atoms with van der Waals surface area (Å²) in [5.41, 5.74) is 5.46. The molecule has 108 valence electrons. The molecule has 2 rings (SSSR count). The maximum atomic E-state index is 11.2. The van der Waals surface area contributed by atoms with Crippen LogP contribution in [0.3, 0.4) is 0 Å². The summed E-state index contributed by atoms with van der Waals surface area (Å²) in [6.07, 6.45) is 0.440. The summed E-state index contributed by atoms with van der Waals surface area (Å²) in [6.45, 7) is 0. The van der Waals surface area contributed by atoms with E-state index in [0.29, 0.717) is 6.17 Å². The lowest BCUT2D eigenvalue weighted by atomic mass is 10.1. The molecule has 6 heteroatoms. The molecule has 0 saturated heterocycles. The van der Waals surface area contributed by atoms with Crippen LogP contribution in [0.5, 0.6) is 0 Å². The minimum Gasteiger partial charge on any atom is -0.478 e. The zero-order valence-corrected chi connectivity index (χ0v) is 12.3. The van der Waals surface area contributed by atoms with Gasteiger partial charge >= 0.3 is 11.9 Å². The van der Waals surface area contributed by atoms with Crippen LogP contribution in [0.4, 0.5) is 0 Å². The number of benzene rings is 2. The highest BCUT2D eigenvalue weighted by Crippen LogP contribution is 2.08. The van der Waals surface area contributed by atoms with Crippen LogP contribution in [0.2, 0.25) is 0 Å². The predicted molar refractivity (Wildman–Crippen MR) is 82.3 cm³/mol. The molecule has 1 unspecified atom stereocenters. The summed E-state index contributed by atoms with van der Waals surface area (Å²) in [5.74, 6) is -2.49. The molecule has 0 amide bonds. The third-order valence-electron chi connectivity index (χ3n) is 3.34. The number of carboxylic acids is 2. The first-order valence-corrected chi connectivity index (χ1v) is 8.37. The largest absolute Gasteiger partial charge is 0.478 e. The van der Waals surface area contributed by atoms with Gasteiger partial charge in [-0.3, -0.25) is 0 Å². The molecule has 0 spiro atoms. The Morgan fingerprint density at radius 2 is 1.52 bits per heavy atom. The standard InChI is InChI=1S/C15H15NO4Si/c16-9-21(10-4-2-1-3-5-10)11-6-7-12(14(17)18)13(8-11)15(19)20/h1-8,21H,9,16H2,(H,17,18)(H,19,20). The number of carbonyl (C=O) groups is 2.